The van der Waals surface area contributed by atoms with Crippen LogP contribution in [0.3, 0.4) is 0 Å². The van der Waals surface area contributed by atoms with Crippen LogP contribution in [0.1, 0.15) is 52.0 Å². The first-order chi connectivity index (χ1) is 17.4. The maximum atomic E-state index is 12.9. The lowest BCUT2D eigenvalue weighted by Gasteiger charge is -2.22. The third kappa shape index (κ3) is 4.37. The predicted molar refractivity (Wildman–Crippen MR) is 142 cm³/mol. The molecule has 1 heterocycles. The standard InChI is InChI=1S/C29H27ClN4O2/c1-16-2-10-22(15-23(16)30)31-28(35)19-7-5-18(6-8-19)27-32-24-11-9-21(14-26(24)33-27)29(36)34-25-13-17-3-4-20(25)12-17/h2,5-11,14-15,17,20,25H,3-4,12-13H2,1H3,(H,31,35)(H,32,33)(H,34,36). The average Bonchev–Trinajstić information content (AvgIpc) is 3.61. The van der Waals surface area contributed by atoms with Crippen molar-refractivity contribution in [2.24, 2.45) is 11.8 Å². The average molecular weight is 499 g/mol. The smallest absolute Gasteiger partial charge is 0.255 e. The molecule has 0 aliphatic heterocycles. The van der Waals surface area contributed by atoms with Crippen molar-refractivity contribution in [3.63, 3.8) is 0 Å². The Morgan fingerprint density at radius 3 is 2.47 bits per heavy atom. The van der Waals surface area contributed by atoms with Crippen molar-refractivity contribution < 1.29 is 9.59 Å². The Bertz CT molecular complexity index is 1480. The van der Waals surface area contributed by atoms with Crippen LogP contribution < -0.4 is 10.6 Å². The molecule has 3 unspecified atom stereocenters. The maximum Gasteiger partial charge on any atom is 0.255 e. The molecular formula is C29H27ClN4O2. The molecule has 2 aliphatic carbocycles. The Labute approximate surface area is 214 Å². The van der Waals surface area contributed by atoms with Gasteiger partial charge in [0.05, 0.1) is 11.0 Å². The quantitative estimate of drug-likeness (QED) is 0.299. The van der Waals surface area contributed by atoms with Gasteiger partial charge in [-0.2, -0.15) is 0 Å². The van der Waals surface area contributed by atoms with Gasteiger partial charge in [0.2, 0.25) is 0 Å². The molecule has 1 aromatic heterocycles. The Kier molecular flexibility index (Phi) is 5.76. The molecule has 2 saturated carbocycles. The molecule has 2 aliphatic rings. The number of nitrogens with zero attached hydrogens (tertiary/aromatic N) is 1. The van der Waals surface area contributed by atoms with Crippen LogP contribution in [0.25, 0.3) is 22.4 Å². The third-order valence-electron chi connectivity index (χ3n) is 7.65. The number of hydrogen-bond acceptors (Lipinski definition) is 3. The van der Waals surface area contributed by atoms with Gasteiger partial charge in [0, 0.05) is 33.4 Å². The van der Waals surface area contributed by atoms with Gasteiger partial charge in [-0.1, -0.05) is 36.2 Å². The number of H-pyrrole nitrogens is 1. The second-order valence-electron chi connectivity index (χ2n) is 10.1. The van der Waals surface area contributed by atoms with Gasteiger partial charge in [0.15, 0.2) is 0 Å². The van der Waals surface area contributed by atoms with Gasteiger partial charge in [-0.15, -0.1) is 0 Å². The van der Waals surface area contributed by atoms with Crippen molar-refractivity contribution in [1.82, 2.24) is 15.3 Å². The highest BCUT2D eigenvalue weighted by Crippen LogP contribution is 2.44. The molecule has 182 valence electrons. The highest BCUT2D eigenvalue weighted by Gasteiger charge is 2.40. The zero-order valence-corrected chi connectivity index (χ0v) is 20.7. The number of imidazole rings is 1. The molecule has 36 heavy (non-hydrogen) atoms. The van der Waals surface area contributed by atoms with E-state index in [2.05, 4.69) is 20.6 Å². The van der Waals surface area contributed by atoms with E-state index in [4.69, 9.17) is 11.6 Å². The summed E-state index contributed by atoms with van der Waals surface area (Å²) in [6.07, 6.45) is 4.92. The van der Waals surface area contributed by atoms with Gasteiger partial charge in [0.1, 0.15) is 5.82 Å². The number of amides is 2. The number of rotatable bonds is 5. The van der Waals surface area contributed by atoms with Crippen LogP contribution in [-0.4, -0.2) is 27.8 Å². The minimum atomic E-state index is -0.211. The van der Waals surface area contributed by atoms with Gasteiger partial charge in [-0.25, -0.2) is 4.98 Å². The minimum Gasteiger partial charge on any atom is -0.349 e. The molecule has 4 aromatic rings. The summed E-state index contributed by atoms with van der Waals surface area (Å²) in [5.41, 5.74) is 5.24. The van der Waals surface area contributed by atoms with E-state index < -0.39 is 0 Å². The van der Waals surface area contributed by atoms with E-state index in [1.54, 1.807) is 18.2 Å². The first kappa shape index (κ1) is 22.8. The highest BCUT2D eigenvalue weighted by molar-refractivity contribution is 6.31. The molecule has 0 spiro atoms. The summed E-state index contributed by atoms with van der Waals surface area (Å²) < 4.78 is 0. The zero-order chi connectivity index (χ0) is 24.8. The fourth-order valence-corrected chi connectivity index (χ4v) is 5.79. The van der Waals surface area contributed by atoms with Crippen molar-refractivity contribution >= 4 is 40.1 Å². The number of hydrogen-bond donors (Lipinski definition) is 3. The lowest BCUT2D eigenvalue weighted by molar-refractivity contribution is 0.0922. The topological polar surface area (TPSA) is 86.9 Å². The molecule has 6 rings (SSSR count). The Morgan fingerprint density at radius 1 is 0.944 bits per heavy atom. The molecule has 2 fully saturated rings. The lowest BCUT2D eigenvalue weighted by Crippen LogP contribution is -2.38. The molecule has 6 nitrogen and oxygen atoms in total. The summed E-state index contributed by atoms with van der Waals surface area (Å²) in [4.78, 5) is 33.5. The fraction of sp³-hybridized carbons (Fsp3) is 0.276. The van der Waals surface area contributed by atoms with Gasteiger partial charge in [-0.3, -0.25) is 9.59 Å². The SMILES string of the molecule is Cc1ccc(NC(=O)c2ccc(-c3nc4ccc(C(=O)NC5CC6CCC5C6)cc4[nH]3)cc2)cc1Cl. The van der Waals surface area contributed by atoms with E-state index in [1.165, 1.54) is 19.3 Å². The number of nitrogens with one attached hydrogen (secondary N) is 3. The normalized spacial score (nSPS) is 20.6. The number of aromatic amines is 1. The van der Waals surface area contributed by atoms with Crippen molar-refractivity contribution in [3.8, 4) is 11.4 Å². The monoisotopic (exact) mass is 498 g/mol. The predicted octanol–water partition coefficient (Wildman–Crippen LogP) is 6.36. The Hall–Kier alpha value is -3.64. The van der Waals surface area contributed by atoms with E-state index in [1.807, 2.05) is 49.4 Å². The summed E-state index contributed by atoms with van der Waals surface area (Å²) >= 11 is 6.16. The van der Waals surface area contributed by atoms with Crippen LogP contribution in [0.15, 0.2) is 60.7 Å². The van der Waals surface area contributed by atoms with Crippen molar-refractivity contribution in [3.05, 3.63) is 82.4 Å². The number of carbonyl (C=O) groups is 2. The van der Waals surface area contributed by atoms with Crippen LogP contribution in [0.5, 0.6) is 0 Å². The van der Waals surface area contributed by atoms with Crippen LogP contribution in [-0.2, 0) is 0 Å². The summed E-state index contributed by atoms with van der Waals surface area (Å²) in [5, 5.41) is 6.74. The van der Waals surface area contributed by atoms with E-state index in [-0.39, 0.29) is 11.8 Å². The second kappa shape index (κ2) is 9.10. The number of anilines is 1. The Morgan fingerprint density at radius 2 is 1.75 bits per heavy atom. The van der Waals surface area contributed by atoms with E-state index >= 15 is 0 Å². The first-order valence-electron chi connectivity index (χ1n) is 12.4. The summed E-state index contributed by atoms with van der Waals surface area (Å²) in [5.74, 6) is 1.89. The van der Waals surface area contributed by atoms with Crippen LogP contribution in [0.4, 0.5) is 5.69 Å². The van der Waals surface area contributed by atoms with E-state index in [0.717, 1.165) is 34.5 Å². The van der Waals surface area contributed by atoms with Gasteiger partial charge >= 0.3 is 0 Å². The van der Waals surface area contributed by atoms with Crippen LogP contribution in [0.2, 0.25) is 5.02 Å². The van der Waals surface area contributed by atoms with Crippen LogP contribution in [0, 0.1) is 18.8 Å². The lowest BCUT2D eigenvalue weighted by atomic mass is 9.95. The maximum absolute atomic E-state index is 12.9. The van der Waals surface area contributed by atoms with Crippen LogP contribution >= 0.6 is 11.6 Å². The van der Waals surface area contributed by atoms with E-state index in [0.29, 0.717) is 39.6 Å². The number of fused-ring (bicyclic) bond motifs is 3. The molecule has 2 bridgehead atoms. The molecule has 2 amide bonds. The van der Waals surface area contributed by atoms with Gasteiger partial charge in [-0.05, 0) is 86.1 Å². The molecule has 3 aromatic carbocycles. The molecule has 3 atom stereocenters. The second-order valence-corrected chi connectivity index (χ2v) is 10.5. The zero-order valence-electron chi connectivity index (χ0n) is 20.0. The number of halogens is 1. The van der Waals surface area contributed by atoms with Gasteiger partial charge < -0.3 is 15.6 Å². The van der Waals surface area contributed by atoms with Crippen molar-refractivity contribution in [2.75, 3.05) is 5.32 Å². The summed E-state index contributed by atoms with van der Waals surface area (Å²) in [6, 6.07) is 18.6. The molecule has 3 N–H and O–H groups in total. The highest BCUT2D eigenvalue weighted by atomic mass is 35.5. The Balaban J connectivity index is 1.16. The third-order valence-corrected chi connectivity index (χ3v) is 8.06. The largest absolute Gasteiger partial charge is 0.349 e. The minimum absolute atomic E-state index is 0.0178. The number of carbonyl (C=O) groups excluding carboxylic acids is 2. The molecule has 7 heteroatoms. The molecule has 0 radical (unpaired) electrons. The van der Waals surface area contributed by atoms with Crippen molar-refractivity contribution in [2.45, 2.75) is 38.6 Å². The van der Waals surface area contributed by atoms with Crippen molar-refractivity contribution in [1.29, 1.82) is 0 Å². The van der Waals surface area contributed by atoms with Gasteiger partial charge in [0.25, 0.3) is 11.8 Å². The van der Waals surface area contributed by atoms with E-state index in [9.17, 15) is 9.59 Å². The first-order valence-corrected chi connectivity index (χ1v) is 12.8. The number of benzene rings is 3. The summed E-state index contributed by atoms with van der Waals surface area (Å²) in [6.45, 7) is 1.92. The number of aromatic nitrogens is 2. The number of aryl methyl sites for hydroxylation is 1. The molecule has 0 saturated heterocycles. The summed E-state index contributed by atoms with van der Waals surface area (Å²) in [7, 11) is 0. The fourth-order valence-electron chi connectivity index (χ4n) is 5.61. The molecular weight excluding hydrogens is 472 g/mol.